The van der Waals surface area contributed by atoms with E-state index in [0.717, 1.165) is 10.5 Å². The molecule has 0 saturated heterocycles. The fraction of sp³-hybridized carbons (Fsp3) is 0.100. The third-order valence-corrected chi connectivity index (χ3v) is 5.10. The molecule has 1 heterocycles. The van der Waals surface area contributed by atoms with Crippen LogP contribution in [-0.2, 0) is 4.79 Å². The highest BCUT2D eigenvalue weighted by molar-refractivity contribution is 7.98. The molecule has 0 aliphatic carbocycles. The molecule has 6 heteroatoms. The maximum absolute atomic E-state index is 14.3. The van der Waals surface area contributed by atoms with Gasteiger partial charge in [-0.05, 0) is 42.7 Å². The maximum Gasteiger partial charge on any atom is 0.231 e. The number of rotatable bonds is 5. The summed E-state index contributed by atoms with van der Waals surface area (Å²) in [6, 6.07) is 17.4. The summed E-state index contributed by atoms with van der Waals surface area (Å²) in [5.41, 5.74) is 7.53. The number of carbonyl (C=O) groups is 1. The second-order valence-electron chi connectivity index (χ2n) is 5.65. The molecule has 0 spiro atoms. The SMILES string of the molecule is CSc1ccc(-c2cccc(C(C(N)=O)c3c(F)cccc3Cl)n2)cc1. The molecule has 0 radical (unpaired) electrons. The van der Waals surface area contributed by atoms with Gasteiger partial charge >= 0.3 is 0 Å². The molecule has 0 fully saturated rings. The first-order valence-corrected chi connectivity index (χ1v) is 9.46. The van der Waals surface area contributed by atoms with Gasteiger partial charge in [-0.25, -0.2) is 4.39 Å². The molecule has 1 aromatic heterocycles. The number of nitrogens with two attached hydrogens (primary N) is 1. The number of thioether (sulfide) groups is 1. The van der Waals surface area contributed by atoms with Crippen LogP contribution in [-0.4, -0.2) is 17.1 Å². The summed E-state index contributed by atoms with van der Waals surface area (Å²) in [6.45, 7) is 0. The number of nitrogens with zero attached hydrogens (tertiary/aromatic N) is 1. The minimum Gasteiger partial charge on any atom is -0.369 e. The monoisotopic (exact) mass is 386 g/mol. The zero-order valence-corrected chi connectivity index (χ0v) is 15.5. The molecule has 1 atom stereocenters. The quantitative estimate of drug-likeness (QED) is 0.636. The Morgan fingerprint density at radius 1 is 1.12 bits per heavy atom. The highest BCUT2D eigenvalue weighted by atomic mass is 35.5. The van der Waals surface area contributed by atoms with Crippen molar-refractivity contribution in [2.24, 2.45) is 5.73 Å². The number of carbonyl (C=O) groups excluding carboxylic acids is 1. The predicted molar refractivity (Wildman–Crippen MR) is 104 cm³/mol. The van der Waals surface area contributed by atoms with Gasteiger partial charge in [-0.1, -0.05) is 35.9 Å². The molecule has 0 bridgehead atoms. The van der Waals surface area contributed by atoms with E-state index in [0.29, 0.717) is 11.4 Å². The van der Waals surface area contributed by atoms with E-state index in [1.165, 1.54) is 18.2 Å². The first kappa shape index (κ1) is 18.4. The molecular formula is C20H16ClFN2OS. The fourth-order valence-corrected chi connectivity index (χ4v) is 3.44. The van der Waals surface area contributed by atoms with Crippen LogP contribution in [0, 0.1) is 5.82 Å². The van der Waals surface area contributed by atoms with Gasteiger partial charge in [0.25, 0.3) is 0 Å². The molecule has 3 aromatic rings. The van der Waals surface area contributed by atoms with Gasteiger partial charge in [0, 0.05) is 21.0 Å². The summed E-state index contributed by atoms with van der Waals surface area (Å²) in [5.74, 6) is -2.36. The molecule has 0 saturated carbocycles. The third kappa shape index (κ3) is 3.74. The second-order valence-corrected chi connectivity index (χ2v) is 6.93. The first-order valence-electron chi connectivity index (χ1n) is 7.86. The van der Waals surface area contributed by atoms with Gasteiger partial charge in [0.05, 0.1) is 11.4 Å². The van der Waals surface area contributed by atoms with Crippen LogP contribution in [0.2, 0.25) is 5.02 Å². The normalized spacial score (nSPS) is 12.0. The van der Waals surface area contributed by atoms with Crippen LogP contribution in [0.1, 0.15) is 17.2 Å². The van der Waals surface area contributed by atoms with Gasteiger partial charge in [0.1, 0.15) is 11.7 Å². The summed E-state index contributed by atoms with van der Waals surface area (Å²) >= 11 is 7.78. The first-order chi connectivity index (χ1) is 12.5. The van der Waals surface area contributed by atoms with E-state index in [9.17, 15) is 9.18 Å². The molecule has 1 unspecified atom stereocenters. The Labute approximate surface area is 160 Å². The zero-order valence-electron chi connectivity index (χ0n) is 13.9. The summed E-state index contributed by atoms with van der Waals surface area (Å²) in [5, 5.41) is 0.144. The van der Waals surface area contributed by atoms with Crippen molar-refractivity contribution >= 4 is 29.3 Å². The van der Waals surface area contributed by atoms with Gasteiger partial charge in [-0.2, -0.15) is 0 Å². The summed E-state index contributed by atoms with van der Waals surface area (Å²) in [7, 11) is 0. The number of amides is 1. The van der Waals surface area contributed by atoms with Gasteiger partial charge in [-0.3, -0.25) is 9.78 Å². The van der Waals surface area contributed by atoms with E-state index in [2.05, 4.69) is 4.98 Å². The molecular weight excluding hydrogens is 371 g/mol. The van der Waals surface area contributed by atoms with Crippen molar-refractivity contribution in [3.05, 3.63) is 82.8 Å². The number of halogens is 2. The zero-order chi connectivity index (χ0) is 18.7. The highest BCUT2D eigenvalue weighted by Crippen LogP contribution is 2.32. The van der Waals surface area contributed by atoms with E-state index in [-0.39, 0.29) is 10.6 Å². The number of hydrogen-bond donors (Lipinski definition) is 1. The molecule has 2 aromatic carbocycles. The number of hydrogen-bond acceptors (Lipinski definition) is 3. The maximum atomic E-state index is 14.3. The molecule has 1 amide bonds. The lowest BCUT2D eigenvalue weighted by Crippen LogP contribution is -2.24. The largest absolute Gasteiger partial charge is 0.369 e. The average Bonchev–Trinajstić information content (AvgIpc) is 2.64. The Bertz CT molecular complexity index is 927. The number of benzene rings is 2. The van der Waals surface area contributed by atoms with E-state index in [4.69, 9.17) is 17.3 Å². The van der Waals surface area contributed by atoms with Crippen LogP contribution in [0.25, 0.3) is 11.3 Å². The van der Waals surface area contributed by atoms with E-state index >= 15 is 0 Å². The minimum absolute atomic E-state index is 0.0454. The topological polar surface area (TPSA) is 56.0 Å². The van der Waals surface area contributed by atoms with Crippen molar-refractivity contribution in [2.75, 3.05) is 6.26 Å². The van der Waals surface area contributed by atoms with Gasteiger partial charge < -0.3 is 5.73 Å². The lowest BCUT2D eigenvalue weighted by molar-refractivity contribution is -0.118. The standard InChI is InChI=1S/C20H16ClFN2OS/c1-26-13-10-8-12(9-11-13)16-6-3-7-17(24-16)19(20(23)25)18-14(21)4-2-5-15(18)22/h2-11,19H,1H3,(H2,23,25). The summed E-state index contributed by atoms with van der Waals surface area (Å²) in [6.07, 6.45) is 2.00. The van der Waals surface area contributed by atoms with E-state index in [1.807, 2.05) is 36.6 Å². The summed E-state index contributed by atoms with van der Waals surface area (Å²) < 4.78 is 14.3. The van der Waals surface area contributed by atoms with Crippen molar-refractivity contribution in [1.82, 2.24) is 4.98 Å². The molecule has 132 valence electrons. The highest BCUT2D eigenvalue weighted by Gasteiger charge is 2.27. The van der Waals surface area contributed by atoms with Crippen molar-refractivity contribution in [3.8, 4) is 11.3 Å². The van der Waals surface area contributed by atoms with Gasteiger partial charge in [-0.15, -0.1) is 11.8 Å². The second kappa shape index (κ2) is 7.89. The predicted octanol–water partition coefficient (Wildman–Crippen LogP) is 4.88. The Kier molecular flexibility index (Phi) is 5.59. The van der Waals surface area contributed by atoms with Crippen LogP contribution in [0.15, 0.2) is 65.6 Å². The van der Waals surface area contributed by atoms with Crippen molar-refractivity contribution in [1.29, 1.82) is 0 Å². The lowest BCUT2D eigenvalue weighted by Gasteiger charge is -2.16. The number of aromatic nitrogens is 1. The van der Waals surface area contributed by atoms with Crippen LogP contribution < -0.4 is 5.73 Å². The van der Waals surface area contributed by atoms with E-state index < -0.39 is 17.6 Å². The Hall–Kier alpha value is -2.37. The van der Waals surface area contributed by atoms with Crippen LogP contribution in [0.3, 0.4) is 0 Å². The lowest BCUT2D eigenvalue weighted by atomic mass is 9.93. The van der Waals surface area contributed by atoms with Crippen LogP contribution in [0.4, 0.5) is 4.39 Å². The van der Waals surface area contributed by atoms with Crippen molar-refractivity contribution in [2.45, 2.75) is 10.8 Å². The smallest absolute Gasteiger partial charge is 0.231 e. The molecule has 0 aliphatic rings. The molecule has 3 rings (SSSR count). The van der Waals surface area contributed by atoms with Crippen molar-refractivity contribution in [3.63, 3.8) is 0 Å². The van der Waals surface area contributed by atoms with Crippen LogP contribution >= 0.6 is 23.4 Å². The molecule has 0 aliphatic heterocycles. The van der Waals surface area contributed by atoms with E-state index in [1.54, 1.807) is 23.9 Å². The average molecular weight is 387 g/mol. The molecule has 26 heavy (non-hydrogen) atoms. The van der Waals surface area contributed by atoms with Crippen molar-refractivity contribution < 1.29 is 9.18 Å². The fourth-order valence-electron chi connectivity index (χ4n) is 2.76. The number of pyridine rings is 1. The van der Waals surface area contributed by atoms with Crippen LogP contribution in [0.5, 0.6) is 0 Å². The Balaban J connectivity index is 2.08. The molecule has 3 nitrogen and oxygen atoms in total. The number of primary amides is 1. The minimum atomic E-state index is -1.06. The van der Waals surface area contributed by atoms with Gasteiger partial charge in [0.15, 0.2) is 0 Å². The summed E-state index contributed by atoms with van der Waals surface area (Å²) in [4.78, 5) is 17.8. The Morgan fingerprint density at radius 3 is 2.42 bits per heavy atom. The third-order valence-electron chi connectivity index (χ3n) is 4.03. The van der Waals surface area contributed by atoms with Gasteiger partial charge in [0.2, 0.25) is 5.91 Å². The Morgan fingerprint density at radius 2 is 1.81 bits per heavy atom. The molecule has 2 N–H and O–H groups in total.